The summed E-state index contributed by atoms with van der Waals surface area (Å²) in [6.45, 7) is 2.60. The van der Waals surface area contributed by atoms with Gasteiger partial charge in [-0.15, -0.1) is 10.2 Å². The van der Waals surface area contributed by atoms with Gasteiger partial charge in [0, 0.05) is 11.1 Å². The fourth-order valence-corrected chi connectivity index (χ4v) is 3.64. The van der Waals surface area contributed by atoms with Gasteiger partial charge >= 0.3 is 0 Å². The van der Waals surface area contributed by atoms with Gasteiger partial charge in [0.15, 0.2) is 5.82 Å². The second kappa shape index (κ2) is 6.09. The van der Waals surface area contributed by atoms with E-state index in [0.717, 1.165) is 27.9 Å². The third-order valence-corrected chi connectivity index (χ3v) is 4.82. The molecule has 0 aliphatic carbocycles. The van der Waals surface area contributed by atoms with Crippen molar-refractivity contribution in [2.45, 2.75) is 17.5 Å². The number of thioether (sulfide) groups is 1. The molecule has 122 valence electrons. The first-order chi connectivity index (χ1) is 11.8. The van der Waals surface area contributed by atoms with Crippen LogP contribution in [0.5, 0.6) is 11.5 Å². The lowest BCUT2D eigenvalue weighted by atomic mass is 10.2. The van der Waals surface area contributed by atoms with Crippen LogP contribution in [0.2, 0.25) is 0 Å². The molecule has 0 radical (unpaired) electrons. The van der Waals surface area contributed by atoms with Crippen LogP contribution in [0.15, 0.2) is 53.7 Å². The highest BCUT2D eigenvalue weighted by molar-refractivity contribution is 7.99. The van der Waals surface area contributed by atoms with Crippen molar-refractivity contribution in [2.24, 2.45) is 0 Å². The van der Waals surface area contributed by atoms with Gasteiger partial charge in [0.05, 0.1) is 6.61 Å². The largest absolute Gasteiger partial charge is 0.508 e. The monoisotopic (exact) mass is 340 g/mol. The number of hydrogen-bond donors (Lipinski definition) is 2. The molecule has 2 aromatic carbocycles. The van der Waals surface area contributed by atoms with E-state index >= 15 is 0 Å². The van der Waals surface area contributed by atoms with E-state index in [1.165, 1.54) is 11.8 Å². The van der Waals surface area contributed by atoms with Crippen molar-refractivity contribution in [1.82, 2.24) is 14.9 Å². The summed E-state index contributed by atoms with van der Waals surface area (Å²) in [5, 5.41) is 19.2. The lowest BCUT2D eigenvalue weighted by molar-refractivity contribution is 0.340. The Morgan fingerprint density at radius 2 is 1.96 bits per heavy atom. The predicted octanol–water partition coefficient (Wildman–Crippen LogP) is 3.40. The number of fused-ring (bicyclic) bond motifs is 1. The molecule has 4 rings (SSSR count). The fraction of sp³-hybridized carbons (Fsp3) is 0.176. The normalized spacial score (nSPS) is 15.8. The van der Waals surface area contributed by atoms with Crippen LogP contribution in [0.1, 0.15) is 17.9 Å². The maximum absolute atomic E-state index is 10.0. The molecule has 2 heterocycles. The first kappa shape index (κ1) is 14.9. The van der Waals surface area contributed by atoms with Gasteiger partial charge in [0.2, 0.25) is 5.16 Å². The molecule has 0 spiro atoms. The lowest BCUT2D eigenvalue weighted by Crippen LogP contribution is -2.13. The smallest absolute Gasteiger partial charge is 0.212 e. The van der Waals surface area contributed by atoms with E-state index in [9.17, 15) is 5.11 Å². The summed E-state index contributed by atoms with van der Waals surface area (Å²) in [4.78, 5) is 0. The number of aromatic hydroxyl groups is 1. The SMILES string of the molecule is CCOc1ccc(-c2nnc3n2NC(c2ccccc2O)S3)cc1. The van der Waals surface area contributed by atoms with E-state index < -0.39 is 0 Å². The molecule has 0 bridgehead atoms. The molecular weight excluding hydrogens is 324 g/mol. The van der Waals surface area contributed by atoms with Crippen molar-refractivity contribution < 1.29 is 9.84 Å². The molecule has 0 saturated heterocycles. The summed E-state index contributed by atoms with van der Waals surface area (Å²) >= 11 is 1.52. The molecule has 1 atom stereocenters. The van der Waals surface area contributed by atoms with Gasteiger partial charge in [-0.25, -0.2) is 4.68 Å². The van der Waals surface area contributed by atoms with E-state index in [2.05, 4.69) is 15.6 Å². The first-order valence-electron chi connectivity index (χ1n) is 7.66. The molecule has 3 aromatic rings. The van der Waals surface area contributed by atoms with Gasteiger partial charge in [-0.1, -0.05) is 30.0 Å². The first-order valence-corrected chi connectivity index (χ1v) is 8.54. The zero-order valence-electron chi connectivity index (χ0n) is 13.0. The van der Waals surface area contributed by atoms with Gasteiger partial charge in [-0.05, 0) is 37.3 Å². The molecule has 0 amide bonds. The Labute approximate surface area is 143 Å². The number of ether oxygens (including phenoxy) is 1. The zero-order valence-corrected chi connectivity index (χ0v) is 13.8. The fourth-order valence-electron chi connectivity index (χ4n) is 2.61. The van der Waals surface area contributed by atoms with Crippen LogP contribution in [0.25, 0.3) is 11.4 Å². The van der Waals surface area contributed by atoms with Crippen molar-refractivity contribution in [2.75, 3.05) is 12.0 Å². The van der Waals surface area contributed by atoms with E-state index in [1.807, 2.05) is 54.1 Å². The predicted molar refractivity (Wildman–Crippen MR) is 92.7 cm³/mol. The Hall–Kier alpha value is -2.67. The van der Waals surface area contributed by atoms with Crippen LogP contribution in [0.4, 0.5) is 0 Å². The summed E-state index contributed by atoms with van der Waals surface area (Å²) in [5.74, 6) is 1.83. The number of para-hydroxylation sites is 1. The maximum atomic E-state index is 10.0. The van der Waals surface area contributed by atoms with Crippen molar-refractivity contribution in [3.05, 3.63) is 54.1 Å². The van der Waals surface area contributed by atoms with Gasteiger partial charge < -0.3 is 15.3 Å². The number of nitrogens with zero attached hydrogens (tertiary/aromatic N) is 3. The van der Waals surface area contributed by atoms with Gasteiger partial charge in [0.1, 0.15) is 16.9 Å². The molecule has 2 N–H and O–H groups in total. The molecule has 0 fully saturated rings. The molecule has 24 heavy (non-hydrogen) atoms. The van der Waals surface area contributed by atoms with Crippen molar-refractivity contribution >= 4 is 11.8 Å². The minimum absolute atomic E-state index is 0.0989. The van der Waals surface area contributed by atoms with Crippen LogP contribution in [-0.4, -0.2) is 26.6 Å². The summed E-state index contributed by atoms with van der Waals surface area (Å²) in [6.07, 6.45) is 0. The van der Waals surface area contributed by atoms with Crippen LogP contribution in [0, 0.1) is 0 Å². The third kappa shape index (κ3) is 2.56. The number of aromatic nitrogens is 3. The average Bonchev–Trinajstić information content (AvgIpc) is 3.17. The van der Waals surface area contributed by atoms with Crippen LogP contribution in [0.3, 0.4) is 0 Å². The third-order valence-electron chi connectivity index (χ3n) is 3.75. The summed E-state index contributed by atoms with van der Waals surface area (Å²) in [6, 6.07) is 15.1. The molecule has 1 unspecified atom stereocenters. The molecule has 1 aliphatic rings. The molecule has 1 aliphatic heterocycles. The Kier molecular flexibility index (Phi) is 3.78. The summed E-state index contributed by atoms with van der Waals surface area (Å²) < 4.78 is 7.33. The Bertz CT molecular complexity index is 863. The topological polar surface area (TPSA) is 72.2 Å². The van der Waals surface area contributed by atoms with E-state index in [-0.39, 0.29) is 11.1 Å². The highest BCUT2D eigenvalue weighted by Gasteiger charge is 2.29. The highest BCUT2D eigenvalue weighted by atomic mass is 32.2. The Balaban J connectivity index is 1.61. The molecule has 6 nitrogen and oxygen atoms in total. The van der Waals surface area contributed by atoms with Crippen LogP contribution in [-0.2, 0) is 0 Å². The number of hydrogen-bond acceptors (Lipinski definition) is 6. The average molecular weight is 340 g/mol. The lowest BCUT2D eigenvalue weighted by Gasteiger charge is -2.13. The molecule has 1 aromatic heterocycles. The molecule has 0 saturated carbocycles. The van der Waals surface area contributed by atoms with Crippen LogP contribution < -0.4 is 10.2 Å². The molecular formula is C17H16N4O2S. The summed E-state index contributed by atoms with van der Waals surface area (Å²) in [7, 11) is 0. The minimum atomic E-state index is -0.0989. The quantitative estimate of drug-likeness (QED) is 0.758. The van der Waals surface area contributed by atoms with Crippen molar-refractivity contribution in [3.63, 3.8) is 0 Å². The number of phenolic OH excluding ortho intramolecular Hbond substituents is 1. The minimum Gasteiger partial charge on any atom is -0.508 e. The van der Waals surface area contributed by atoms with Gasteiger partial charge in [-0.2, -0.15) is 0 Å². The van der Waals surface area contributed by atoms with Gasteiger partial charge in [-0.3, -0.25) is 0 Å². The Morgan fingerprint density at radius 1 is 1.17 bits per heavy atom. The number of benzene rings is 2. The van der Waals surface area contributed by atoms with E-state index in [0.29, 0.717) is 6.61 Å². The summed E-state index contributed by atoms with van der Waals surface area (Å²) in [5.41, 5.74) is 5.11. The second-order valence-corrected chi connectivity index (χ2v) is 6.36. The number of phenols is 1. The van der Waals surface area contributed by atoms with E-state index in [1.54, 1.807) is 6.07 Å². The molecule has 7 heteroatoms. The van der Waals surface area contributed by atoms with Crippen molar-refractivity contribution in [1.29, 1.82) is 0 Å². The van der Waals surface area contributed by atoms with Crippen molar-refractivity contribution in [3.8, 4) is 22.9 Å². The number of nitrogens with one attached hydrogen (secondary N) is 1. The standard InChI is InChI=1S/C17H16N4O2S/c1-2-23-12-9-7-11(8-10-12)15-18-19-17-21(15)20-16(24-17)13-5-3-4-6-14(13)22/h3-10,16,20,22H,2H2,1H3. The second-order valence-electron chi connectivity index (χ2n) is 5.28. The Morgan fingerprint density at radius 3 is 2.71 bits per heavy atom. The maximum Gasteiger partial charge on any atom is 0.212 e. The van der Waals surface area contributed by atoms with Crippen LogP contribution >= 0.6 is 11.8 Å². The highest BCUT2D eigenvalue weighted by Crippen LogP contribution is 2.42. The zero-order chi connectivity index (χ0) is 16.5. The van der Waals surface area contributed by atoms with Gasteiger partial charge in [0.25, 0.3) is 0 Å². The van der Waals surface area contributed by atoms with E-state index in [4.69, 9.17) is 4.74 Å². The number of rotatable bonds is 4.